The maximum atomic E-state index is 15.2. The molecule has 2 heterocycles. The highest BCUT2D eigenvalue weighted by molar-refractivity contribution is 6.72. The third kappa shape index (κ3) is 2.89. The summed E-state index contributed by atoms with van der Waals surface area (Å²) in [7, 11) is -3.27. The largest absolute Gasteiger partial charge is 0.396 e. The second kappa shape index (κ2) is 7.05. The molecule has 1 aromatic carbocycles. The SMILES string of the molecule is C=CCN1C(=O)[C@@]2(O[C@@H](CCO)[C@H]([Si](C)(C)F)[C@H]2C)c2cc([N+](=O)[O-])ccc21. The number of anilines is 1. The molecule has 7 nitrogen and oxygen atoms in total. The van der Waals surface area contributed by atoms with Crippen molar-refractivity contribution in [2.45, 2.75) is 43.7 Å². The van der Waals surface area contributed by atoms with Crippen LogP contribution in [0, 0.1) is 16.0 Å². The summed E-state index contributed by atoms with van der Waals surface area (Å²) in [6, 6.07) is 4.24. The van der Waals surface area contributed by atoms with Crippen molar-refractivity contribution in [3.05, 3.63) is 46.5 Å². The highest BCUT2D eigenvalue weighted by Crippen LogP contribution is 2.60. The van der Waals surface area contributed by atoms with Crippen LogP contribution in [-0.2, 0) is 15.1 Å². The summed E-state index contributed by atoms with van der Waals surface area (Å²) in [4.78, 5) is 25.8. The number of hydrogen-bond acceptors (Lipinski definition) is 5. The van der Waals surface area contributed by atoms with Crippen LogP contribution in [-0.4, -0.2) is 43.6 Å². The Morgan fingerprint density at radius 2 is 2.18 bits per heavy atom. The number of carbonyl (C=O) groups excluding carboxylic acids is 1. The van der Waals surface area contributed by atoms with Gasteiger partial charge in [0, 0.05) is 42.3 Å². The fraction of sp³-hybridized carbons (Fsp3) is 0.526. The lowest BCUT2D eigenvalue weighted by Crippen LogP contribution is -2.45. The summed E-state index contributed by atoms with van der Waals surface area (Å²) in [6.45, 7) is 8.61. The van der Waals surface area contributed by atoms with Gasteiger partial charge in [-0.25, -0.2) is 0 Å². The van der Waals surface area contributed by atoms with E-state index in [1.807, 2.05) is 0 Å². The van der Waals surface area contributed by atoms with Crippen LogP contribution in [0.25, 0.3) is 0 Å². The van der Waals surface area contributed by atoms with E-state index in [0.29, 0.717) is 11.3 Å². The second-order valence-corrected chi connectivity index (χ2v) is 11.7. The van der Waals surface area contributed by atoms with E-state index in [2.05, 4.69) is 6.58 Å². The van der Waals surface area contributed by atoms with Crippen molar-refractivity contribution in [3.8, 4) is 0 Å². The average Bonchev–Trinajstić information content (AvgIpc) is 3.03. The Labute approximate surface area is 164 Å². The van der Waals surface area contributed by atoms with Crippen molar-refractivity contribution in [1.29, 1.82) is 0 Å². The van der Waals surface area contributed by atoms with Gasteiger partial charge in [-0.3, -0.25) is 14.9 Å². The first-order valence-electron chi connectivity index (χ1n) is 9.29. The molecule has 2 aliphatic heterocycles. The smallest absolute Gasteiger partial charge is 0.269 e. The van der Waals surface area contributed by atoms with Crippen molar-refractivity contribution >= 4 is 25.7 Å². The van der Waals surface area contributed by atoms with Crippen molar-refractivity contribution in [2.24, 2.45) is 5.92 Å². The molecule has 1 saturated heterocycles. The van der Waals surface area contributed by atoms with Crippen LogP contribution in [0.1, 0.15) is 18.9 Å². The molecule has 3 rings (SSSR count). The average molecular weight is 409 g/mol. The van der Waals surface area contributed by atoms with Gasteiger partial charge in [0.15, 0.2) is 5.60 Å². The molecular formula is C19H25FN2O5Si. The van der Waals surface area contributed by atoms with Gasteiger partial charge >= 0.3 is 0 Å². The minimum atomic E-state index is -3.27. The van der Waals surface area contributed by atoms with E-state index >= 15 is 4.11 Å². The molecule has 1 amide bonds. The molecule has 0 saturated carbocycles. The zero-order valence-corrected chi connectivity index (χ0v) is 17.2. The molecular weight excluding hydrogens is 383 g/mol. The van der Waals surface area contributed by atoms with Gasteiger partial charge in [0.1, 0.15) is 0 Å². The van der Waals surface area contributed by atoms with Crippen molar-refractivity contribution in [1.82, 2.24) is 0 Å². The van der Waals surface area contributed by atoms with Gasteiger partial charge in [-0.1, -0.05) is 13.0 Å². The molecule has 1 N–H and O–H groups in total. The first-order chi connectivity index (χ1) is 13.1. The summed E-state index contributed by atoms with van der Waals surface area (Å²) in [6.07, 6.45) is 1.14. The van der Waals surface area contributed by atoms with Gasteiger partial charge in [-0.05, 0) is 25.6 Å². The van der Waals surface area contributed by atoms with E-state index in [4.69, 9.17) is 4.74 Å². The Bertz CT molecular complexity index is 827. The second-order valence-electron chi connectivity index (χ2n) is 7.95. The molecule has 28 heavy (non-hydrogen) atoms. The maximum absolute atomic E-state index is 15.2. The van der Waals surface area contributed by atoms with E-state index in [1.165, 1.54) is 23.1 Å². The fourth-order valence-electron chi connectivity index (χ4n) is 4.86. The van der Waals surface area contributed by atoms with Crippen molar-refractivity contribution in [3.63, 3.8) is 0 Å². The number of benzene rings is 1. The Balaban J connectivity index is 2.22. The Kier molecular flexibility index (Phi) is 5.20. The van der Waals surface area contributed by atoms with E-state index in [9.17, 15) is 20.0 Å². The zero-order valence-electron chi connectivity index (χ0n) is 16.2. The fourth-order valence-corrected chi connectivity index (χ4v) is 7.40. The number of nitro groups is 1. The van der Waals surface area contributed by atoms with Crippen LogP contribution in [0.4, 0.5) is 15.5 Å². The quantitative estimate of drug-likeness (QED) is 0.256. The summed E-state index contributed by atoms with van der Waals surface area (Å²) >= 11 is 0. The molecule has 1 aromatic rings. The summed E-state index contributed by atoms with van der Waals surface area (Å²) in [5.74, 6) is -0.891. The lowest BCUT2D eigenvalue weighted by Gasteiger charge is -2.31. The number of aliphatic hydroxyl groups excluding tert-OH is 1. The van der Waals surface area contributed by atoms with Crippen LogP contribution < -0.4 is 4.90 Å². The number of rotatable bonds is 6. The molecule has 0 bridgehead atoms. The Morgan fingerprint density at radius 3 is 2.71 bits per heavy atom. The van der Waals surface area contributed by atoms with E-state index in [1.54, 1.807) is 26.1 Å². The number of hydrogen-bond donors (Lipinski definition) is 1. The summed E-state index contributed by atoms with van der Waals surface area (Å²) in [5.41, 5.74) is -1.26. The van der Waals surface area contributed by atoms with Crippen LogP contribution >= 0.6 is 0 Å². The molecule has 1 spiro atoms. The van der Waals surface area contributed by atoms with Crippen molar-refractivity contribution < 1.29 is 23.7 Å². The molecule has 9 heteroatoms. The van der Waals surface area contributed by atoms with Gasteiger partial charge in [-0.15, -0.1) is 6.58 Å². The Morgan fingerprint density at radius 1 is 1.50 bits per heavy atom. The number of non-ortho nitro benzene ring substituents is 1. The van der Waals surface area contributed by atoms with Crippen LogP contribution in [0.15, 0.2) is 30.9 Å². The minimum Gasteiger partial charge on any atom is -0.396 e. The third-order valence-corrected chi connectivity index (χ3v) is 8.34. The topological polar surface area (TPSA) is 92.9 Å². The van der Waals surface area contributed by atoms with Crippen LogP contribution in [0.2, 0.25) is 18.6 Å². The van der Waals surface area contributed by atoms with Gasteiger partial charge < -0.3 is 18.9 Å². The van der Waals surface area contributed by atoms with E-state index < -0.39 is 36.5 Å². The maximum Gasteiger partial charge on any atom is 0.269 e. The highest BCUT2D eigenvalue weighted by atomic mass is 28.4. The van der Waals surface area contributed by atoms with E-state index in [0.717, 1.165) is 0 Å². The number of halogens is 1. The zero-order chi connectivity index (χ0) is 20.9. The predicted octanol–water partition coefficient (Wildman–Crippen LogP) is 3.28. The Hall–Kier alpha value is -2.10. The first kappa shape index (κ1) is 20.6. The third-order valence-electron chi connectivity index (χ3n) is 5.88. The molecule has 0 aromatic heterocycles. The number of ether oxygens (including phenoxy) is 1. The number of fused-ring (bicyclic) bond motifs is 2. The highest BCUT2D eigenvalue weighted by Gasteiger charge is 2.66. The molecule has 2 aliphatic rings. The molecule has 0 unspecified atom stereocenters. The molecule has 0 aliphatic carbocycles. The van der Waals surface area contributed by atoms with Gasteiger partial charge in [0.05, 0.1) is 16.7 Å². The lowest BCUT2D eigenvalue weighted by molar-refractivity contribution is -0.385. The minimum absolute atomic E-state index is 0.152. The van der Waals surface area contributed by atoms with Gasteiger partial charge in [-0.2, -0.15) is 0 Å². The molecule has 4 atom stereocenters. The number of carbonyl (C=O) groups is 1. The van der Waals surface area contributed by atoms with E-state index in [-0.39, 0.29) is 31.2 Å². The molecule has 0 radical (unpaired) electrons. The predicted molar refractivity (Wildman–Crippen MR) is 105 cm³/mol. The monoisotopic (exact) mass is 408 g/mol. The first-order valence-corrected chi connectivity index (χ1v) is 12.2. The van der Waals surface area contributed by atoms with Crippen LogP contribution in [0.5, 0.6) is 0 Å². The van der Waals surface area contributed by atoms with Gasteiger partial charge in [0.25, 0.3) is 11.6 Å². The molecule has 152 valence electrons. The number of nitrogens with zero attached hydrogens (tertiary/aromatic N) is 2. The summed E-state index contributed by atoms with van der Waals surface area (Å²) < 4.78 is 21.5. The van der Waals surface area contributed by atoms with Crippen molar-refractivity contribution in [2.75, 3.05) is 18.1 Å². The van der Waals surface area contributed by atoms with Crippen LogP contribution in [0.3, 0.4) is 0 Å². The summed E-state index contributed by atoms with van der Waals surface area (Å²) in [5, 5.41) is 20.8. The lowest BCUT2D eigenvalue weighted by atomic mass is 9.82. The number of amides is 1. The normalized spacial score (nSPS) is 29.4. The number of aliphatic hydroxyl groups is 1. The van der Waals surface area contributed by atoms with Gasteiger partial charge in [0.2, 0.25) is 8.41 Å². The molecule has 1 fully saturated rings. The number of nitro benzene ring substituents is 1. The standard InChI is InChI=1S/C19H25FN2O5Si/c1-5-9-21-15-7-6-13(22(25)26)11-14(15)19(18(21)24)12(2)17(28(3,4)20)16(27-19)8-10-23/h5-7,11-12,16-17,23H,1,8-10H2,2-4H3/t12-,16+,17-,19+/m1/s1.